The van der Waals surface area contributed by atoms with Gasteiger partial charge in [-0.15, -0.1) is 0 Å². The summed E-state index contributed by atoms with van der Waals surface area (Å²) in [7, 11) is 1.34. The highest BCUT2D eigenvalue weighted by molar-refractivity contribution is 7.99. The lowest BCUT2D eigenvalue weighted by Crippen LogP contribution is -2.29. The summed E-state index contributed by atoms with van der Waals surface area (Å²) in [5.41, 5.74) is 0.240. The van der Waals surface area contributed by atoms with E-state index in [0.717, 1.165) is 12.8 Å². The molecule has 0 aromatic carbocycles. The molecule has 1 aromatic rings. The number of aromatic nitrogens is 2. The zero-order chi connectivity index (χ0) is 13.7. The third-order valence-electron chi connectivity index (χ3n) is 3.34. The first-order valence-electron chi connectivity index (χ1n) is 6.42. The number of carbonyl (C=O) groups is 1. The minimum absolute atomic E-state index is 0.240. The minimum Gasteiger partial charge on any atom is -0.464 e. The van der Waals surface area contributed by atoms with Crippen LogP contribution in [0.25, 0.3) is 0 Å². The van der Waals surface area contributed by atoms with Gasteiger partial charge in [-0.05, 0) is 25.5 Å². The second-order valence-electron chi connectivity index (χ2n) is 4.65. The molecule has 1 N–H and O–H groups in total. The summed E-state index contributed by atoms with van der Waals surface area (Å²) in [5.74, 6) is 0.191. The first-order valence-corrected chi connectivity index (χ1v) is 7.71. The van der Waals surface area contributed by atoms with E-state index in [1.54, 1.807) is 6.20 Å². The van der Waals surface area contributed by atoms with Crippen molar-refractivity contribution >= 4 is 23.5 Å². The van der Waals surface area contributed by atoms with Crippen LogP contribution in [0, 0.1) is 0 Å². The quantitative estimate of drug-likeness (QED) is 0.855. The van der Waals surface area contributed by atoms with E-state index in [-0.39, 0.29) is 5.69 Å². The first kappa shape index (κ1) is 14.1. The van der Waals surface area contributed by atoms with Gasteiger partial charge in [0.25, 0.3) is 0 Å². The normalized spacial score (nSPS) is 22.8. The molecule has 5 nitrogen and oxygen atoms in total. The number of ether oxygens (including phenoxy) is 1. The molecule has 1 aromatic heterocycles. The molecule has 6 heteroatoms. The summed E-state index contributed by atoms with van der Waals surface area (Å²) >= 11 is 1.92. The molecule has 2 unspecified atom stereocenters. The number of rotatable bonds is 4. The summed E-state index contributed by atoms with van der Waals surface area (Å²) in [6.07, 6.45) is 10.0. The van der Waals surface area contributed by atoms with Gasteiger partial charge in [-0.2, -0.15) is 11.8 Å². The summed E-state index contributed by atoms with van der Waals surface area (Å²) in [5, 5.41) is 4.08. The Morgan fingerprint density at radius 3 is 3.05 bits per heavy atom. The second kappa shape index (κ2) is 6.75. The van der Waals surface area contributed by atoms with Crippen LogP contribution >= 0.6 is 11.8 Å². The average Bonchev–Trinajstić information content (AvgIpc) is 2.47. The van der Waals surface area contributed by atoms with E-state index >= 15 is 0 Å². The number of carbonyl (C=O) groups excluding carboxylic acids is 1. The Morgan fingerprint density at radius 1 is 1.47 bits per heavy atom. The molecule has 0 amide bonds. The Kier molecular flexibility index (Phi) is 5.01. The fourth-order valence-electron chi connectivity index (χ4n) is 2.34. The van der Waals surface area contributed by atoms with Crippen molar-refractivity contribution in [3.63, 3.8) is 0 Å². The van der Waals surface area contributed by atoms with Gasteiger partial charge in [-0.1, -0.05) is 6.42 Å². The number of nitrogens with one attached hydrogen (secondary N) is 1. The maximum Gasteiger partial charge on any atom is 0.358 e. The molecule has 0 aliphatic heterocycles. The Morgan fingerprint density at radius 2 is 2.32 bits per heavy atom. The number of esters is 1. The van der Waals surface area contributed by atoms with Crippen molar-refractivity contribution in [1.29, 1.82) is 0 Å². The first-order chi connectivity index (χ1) is 9.22. The van der Waals surface area contributed by atoms with Crippen molar-refractivity contribution in [2.75, 3.05) is 18.7 Å². The van der Waals surface area contributed by atoms with Gasteiger partial charge in [0.1, 0.15) is 5.82 Å². The Hall–Kier alpha value is -1.30. The molecule has 1 fully saturated rings. The summed E-state index contributed by atoms with van der Waals surface area (Å²) in [6, 6.07) is 0.411. The molecule has 1 aliphatic carbocycles. The maximum atomic E-state index is 11.4. The number of methoxy groups -OCH3 is 1. The fourth-order valence-corrected chi connectivity index (χ4v) is 3.16. The van der Waals surface area contributed by atoms with Gasteiger partial charge in [-0.3, -0.25) is 4.98 Å². The van der Waals surface area contributed by atoms with E-state index in [1.807, 2.05) is 11.8 Å². The zero-order valence-corrected chi connectivity index (χ0v) is 12.1. The van der Waals surface area contributed by atoms with Crippen molar-refractivity contribution in [1.82, 2.24) is 9.97 Å². The predicted octanol–water partition coefficient (Wildman–Crippen LogP) is 2.35. The molecule has 104 valence electrons. The number of hydrogen-bond acceptors (Lipinski definition) is 6. The van der Waals surface area contributed by atoms with Crippen molar-refractivity contribution in [3.05, 3.63) is 18.1 Å². The largest absolute Gasteiger partial charge is 0.464 e. The molecule has 2 atom stereocenters. The van der Waals surface area contributed by atoms with E-state index in [2.05, 4.69) is 26.3 Å². The lowest BCUT2D eigenvalue weighted by atomic mass is 9.95. The van der Waals surface area contributed by atoms with Crippen molar-refractivity contribution in [2.24, 2.45) is 0 Å². The van der Waals surface area contributed by atoms with Gasteiger partial charge in [0, 0.05) is 11.3 Å². The highest BCUT2D eigenvalue weighted by Gasteiger charge is 2.21. The number of thioether (sulfide) groups is 1. The van der Waals surface area contributed by atoms with Crippen LogP contribution < -0.4 is 5.32 Å². The monoisotopic (exact) mass is 281 g/mol. The smallest absolute Gasteiger partial charge is 0.358 e. The molecular formula is C13H19N3O2S. The van der Waals surface area contributed by atoms with Crippen molar-refractivity contribution < 1.29 is 9.53 Å². The molecule has 1 heterocycles. The SMILES string of the molecule is COC(=O)c1cncc(NC2CCCC(SC)C2)n1. The average molecular weight is 281 g/mol. The zero-order valence-electron chi connectivity index (χ0n) is 11.3. The lowest BCUT2D eigenvalue weighted by Gasteiger charge is -2.28. The predicted molar refractivity (Wildman–Crippen MR) is 76.6 cm³/mol. The van der Waals surface area contributed by atoms with E-state index in [1.165, 1.54) is 26.1 Å². The third kappa shape index (κ3) is 3.83. The Bertz CT molecular complexity index is 442. The van der Waals surface area contributed by atoms with Crippen LogP contribution in [0.5, 0.6) is 0 Å². The van der Waals surface area contributed by atoms with E-state index in [0.29, 0.717) is 17.1 Å². The van der Waals surface area contributed by atoms with E-state index < -0.39 is 5.97 Å². The van der Waals surface area contributed by atoms with Crippen LogP contribution in [0.1, 0.15) is 36.2 Å². The molecule has 0 spiro atoms. The molecule has 0 bridgehead atoms. The minimum atomic E-state index is -0.457. The molecule has 0 radical (unpaired) electrons. The lowest BCUT2D eigenvalue weighted by molar-refractivity contribution is 0.0593. The summed E-state index contributed by atoms with van der Waals surface area (Å²) < 4.78 is 4.64. The third-order valence-corrected chi connectivity index (χ3v) is 4.44. The maximum absolute atomic E-state index is 11.4. The van der Waals surface area contributed by atoms with Gasteiger partial charge in [0.2, 0.25) is 0 Å². The molecule has 2 rings (SSSR count). The highest BCUT2D eigenvalue weighted by atomic mass is 32.2. The van der Waals surface area contributed by atoms with Crippen LogP contribution in [0.3, 0.4) is 0 Å². The highest BCUT2D eigenvalue weighted by Crippen LogP contribution is 2.28. The van der Waals surface area contributed by atoms with Crippen LogP contribution in [-0.2, 0) is 4.74 Å². The van der Waals surface area contributed by atoms with Gasteiger partial charge >= 0.3 is 5.97 Å². The molecule has 1 aliphatic rings. The van der Waals surface area contributed by atoms with E-state index in [9.17, 15) is 4.79 Å². The summed E-state index contributed by atoms with van der Waals surface area (Å²) in [4.78, 5) is 19.7. The standard InChI is InChI=1S/C13H19N3O2S/c1-18-13(17)11-7-14-8-12(16-11)15-9-4-3-5-10(6-9)19-2/h7-10H,3-6H2,1-2H3,(H,15,16). The van der Waals surface area contributed by atoms with Gasteiger partial charge in [0.15, 0.2) is 5.69 Å². The number of hydrogen-bond donors (Lipinski definition) is 1. The number of nitrogens with zero attached hydrogens (tertiary/aromatic N) is 2. The van der Waals surface area contributed by atoms with Gasteiger partial charge in [-0.25, -0.2) is 9.78 Å². The van der Waals surface area contributed by atoms with Crippen molar-refractivity contribution in [2.45, 2.75) is 37.0 Å². The van der Waals surface area contributed by atoms with Gasteiger partial charge in [0.05, 0.1) is 19.5 Å². The van der Waals surface area contributed by atoms with Crippen LogP contribution in [0.4, 0.5) is 5.82 Å². The molecule has 19 heavy (non-hydrogen) atoms. The van der Waals surface area contributed by atoms with Crippen LogP contribution in [-0.4, -0.2) is 40.6 Å². The number of anilines is 1. The van der Waals surface area contributed by atoms with Crippen LogP contribution in [0.15, 0.2) is 12.4 Å². The molecule has 0 saturated heterocycles. The van der Waals surface area contributed by atoms with Crippen LogP contribution in [0.2, 0.25) is 0 Å². The van der Waals surface area contributed by atoms with Gasteiger partial charge < -0.3 is 10.1 Å². The summed E-state index contributed by atoms with van der Waals surface area (Å²) in [6.45, 7) is 0. The Labute approximate surface area is 117 Å². The fraction of sp³-hybridized carbons (Fsp3) is 0.615. The van der Waals surface area contributed by atoms with E-state index in [4.69, 9.17) is 0 Å². The second-order valence-corrected chi connectivity index (χ2v) is 5.78. The topological polar surface area (TPSA) is 64.1 Å². The Balaban J connectivity index is 2.00. The molecular weight excluding hydrogens is 262 g/mol. The molecule has 1 saturated carbocycles. The van der Waals surface area contributed by atoms with Crippen molar-refractivity contribution in [3.8, 4) is 0 Å².